The molecule has 0 aliphatic carbocycles. The van der Waals surface area contributed by atoms with E-state index in [1.165, 1.54) is 5.56 Å². The maximum absolute atomic E-state index is 13.1. The summed E-state index contributed by atoms with van der Waals surface area (Å²) >= 11 is 0. The Balaban J connectivity index is 1.19. The third-order valence-corrected chi connectivity index (χ3v) is 6.87. The molecule has 7 nitrogen and oxygen atoms in total. The average Bonchev–Trinajstić information content (AvgIpc) is 3.39. The normalized spacial score (nSPS) is 15.1. The van der Waals surface area contributed by atoms with Gasteiger partial charge in [0.1, 0.15) is 0 Å². The summed E-state index contributed by atoms with van der Waals surface area (Å²) in [4.78, 5) is 32.7. The average molecular weight is 486 g/mol. The van der Waals surface area contributed by atoms with Gasteiger partial charge in [0.2, 0.25) is 6.79 Å². The van der Waals surface area contributed by atoms with Gasteiger partial charge in [-0.2, -0.15) is 0 Å². The number of likely N-dealkylation sites (tertiary alicyclic amines) is 1. The number of nitrogens with zero attached hydrogens (tertiary/aromatic N) is 2. The fraction of sp³-hybridized carbons (Fsp3) is 0.345. The van der Waals surface area contributed by atoms with Crippen LogP contribution in [0.5, 0.6) is 11.5 Å². The highest BCUT2D eigenvalue weighted by Crippen LogP contribution is 2.34. The number of nitrogens with one attached hydrogen (secondary N) is 1. The Morgan fingerprint density at radius 1 is 1.00 bits per heavy atom. The molecule has 3 heterocycles. The number of carbonyl (C=O) groups excluding carboxylic acids is 2. The van der Waals surface area contributed by atoms with E-state index < -0.39 is 0 Å². The van der Waals surface area contributed by atoms with Crippen LogP contribution in [0.4, 0.5) is 0 Å². The first-order chi connectivity index (χ1) is 17.6. The fourth-order valence-corrected chi connectivity index (χ4v) is 4.88. The lowest BCUT2D eigenvalue weighted by Crippen LogP contribution is -2.38. The number of hydrogen-bond donors (Lipinski definition) is 1. The van der Waals surface area contributed by atoms with Crippen LogP contribution in [0.2, 0.25) is 0 Å². The molecule has 0 spiro atoms. The minimum atomic E-state index is -0.0792. The van der Waals surface area contributed by atoms with Crippen molar-refractivity contribution in [2.45, 2.75) is 38.5 Å². The number of fused-ring (bicyclic) bond motifs is 1. The molecule has 1 fully saturated rings. The molecule has 186 valence electrons. The molecule has 0 saturated carbocycles. The van der Waals surface area contributed by atoms with Crippen LogP contribution >= 0.6 is 0 Å². The molecule has 0 bridgehead atoms. The van der Waals surface area contributed by atoms with Crippen LogP contribution < -0.4 is 14.8 Å². The minimum Gasteiger partial charge on any atom is -0.454 e. The lowest BCUT2D eigenvalue weighted by molar-refractivity contribution is 0.0710. The molecule has 2 aromatic carbocycles. The van der Waals surface area contributed by atoms with Gasteiger partial charge in [-0.25, -0.2) is 0 Å². The van der Waals surface area contributed by atoms with Gasteiger partial charge in [-0.3, -0.25) is 14.6 Å². The van der Waals surface area contributed by atoms with Crippen LogP contribution in [-0.2, 0) is 6.42 Å². The van der Waals surface area contributed by atoms with Gasteiger partial charge in [-0.1, -0.05) is 30.3 Å². The highest BCUT2D eigenvalue weighted by molar-refractivity contribution is 5.96. The van der Waals surface area contributed by atoms with E-state index in [-0.39, 0.29) is 24.5 Å². The molecule has 2 aliphatic heterocycles. The Kier molecular flexibility index (Phi) is 7.16. The number of aryl methyl sites for hydroxylation is 2. The second-order valence-corrected chi connectivity index (χ2v) is 9.37. The number of carbonyl (C=O) groups is 2. The van der Waals surface area contributed by atoms with Crippen molar-refractivity contribution in [3.8, 4) is 11.5 Å². The van der Waals surface area contributed by atoms with Crippen LogP contribution in [0.25, 0.3) is 0 Å². The number of aromatic nitrogens is 1. The Morgan fingerprint density at radius 3 is 2.58 bits per heavy atom. The second-order valence-electron chi connectivity index (χ2n) is 9.37. The highest BCUT2D eigenvalue weighted by Gasteiger charge is 2.29. The zero-order valence-corrected chi connectivity index (χ0v) is 20.5. The van der Waals surface area contributed by atoms with Crippen molar-refractivity contribution >= 4 is 11.8 Å². The van der Waals surface area contributed by atoms with Crippen LogP contribution in [0, 0.1) is 6.92 Å². The molecule has 0 radical (unpaired) electrons. The van der Waals surface area contributed by atoms with E-state index in [0.29, 0.717) is 42.3 Å². The summed E-state index contributed by atoms with van der Waals surface area (Å²) in [6, 6.07) is 19.4. The molecule has 2 aliphatic rings. The van der Waals surface area contributed by atoms with Gasteiger partial charge in [0, 0.05) is 36.8 Å². The molecule has 0 unspecified atom stereocenters. The summed E-state index contributed by atoms with van der Waals surface area (Å²) < 4.78 is 10.8. The largest absolute Gasteiger partial charge is 0.454 e. The quantitative estimate of drug-likeness (QED) is 0.499. The predicted molar refractivity (Wildman–Crippen MR) is 137 cm³/mol. The van der Waals surface area contributed by atoms with Crippen molar-refractivity contribution in [1.82, 2.24) is 15.2 Å². The van der Waals surface area contributed by atoms with Crippen molar-refractivity contribution in [3.63, 3.8) is 0 Å². The van der Waals surface area contributed by atoms with Crippen molar-refractivity contribution in [2.24, 2.45) is 0 Å². The molecule has 1 aromatic heterocycles. The van der Waals surface area contributed by atoms with E-state index in [0.717, 1.165) is 37.1 Å². The topological polar surface area (TPSA) is 80.8 Å². The van der Waals surface area contributed by atoms with Crippen molar-refractivity contribution < 1.29 is 19.1 Å². The van der Waals surface area contributed by atoms with Crippen molar-refractivity contribution in [1.29, 1.82) is 0 Å². The SMILES string of the molecule is Cc1ccc(C(=O)NCCCc2ccccc2)c(C2CCN(C(=O)c3ccc4c(c3)OCO4)CC2)n1. The van der Waals surface area contributed by atoms with E-state index in [1.54, 1.807) is 18.2 Å². The van der Waals surface area contributed by atoms with Gasteiger partial charge in [0.25, 0.3) is 11.8 Å². The lowest BCUT2D eigenvalue weighted by atomic mass is 9.89. The fourth-order valence-electron chi connectivity index (χ4n) is 4.88. The molecule has 0 atom stereocenters. The summed E-state index contributed by atoms with van der Waals surface area (Å²) in [7, 11) is 0. The maximum atomic E-state index is 13.1. The second kappa shape index (κ2) is 10.8. The molecular weight excluding hydrogens is 454 g/mol. The first kappa shape index (κ1) is 23.9. The third-order valence-electron chi connectivity index (χ3n) is 6.87. The van der Waals surface area contributed by atoms with E-state index in [9.17, 15) is 9.59 Å². The number of benzene rings is 2. The van der Waals surface area contributed by atoms with Gasteiger partial charge < -0.3 is 19.7 Å². The van der Waals surface area contributed by atoms with E-state index in [2.05, 4.69) is 17.4 Å². The van der Waals surface area contributed by atoms with E-state index in [4.69, 9.17) is 14.5 Å². The maximum Gasteiger partial charge on any atom is 0.253 e. The first-order valence-electron chi connectivity index (χ1n) is 12.6. The first-order valence-corrected chi connectivity index (χ1v) is 12.6. The molecular formula is C29H31N3O4. The lowest BCUT2D eigenvalue weighted by Gasteiger charge is -2.32. The van der Waals surface area contributed by atoms with E-state index in [1.807, 2.05) is 42.2 Å². The Morgan fingerprint density at radius 2 is 1.78 bits per heavy atom. The molecule has 5 rings (SSSR count). The smallest absolute Gasteiger partial charge is 0.253 e. The van der Waals surface area contributed by atoms with Crippen molar-refractivity contribution in [3.05, 3.63) is 88.7 Å². The molecule has 1 N–H and O–H groups in total. The number of ether oxygens (including phenoxy) is 2. The monoisotopic (exact) mass is 485 g/mol. The van der Waals surface area contributed by atoms with Crippen LogP contribution in [0.3, 0.4) is 0 Å². The molecule has 3 aromatic rings. The Hall–Kier alpha value is -3.87. The standard InChI is InChI=1S/C29H31N3O4/c1-20-9-11-24(28(33)30-15-5-8-21-6-3-2-4-7-21)27(31-20)22-13-16-32(17-14-22)29(34)23-10-12-25-26(18-23)36-19-35-25/h2-4,6-7,9-12,18,22H,5,8,13-17,19H2,1H3,(H,30,33). The van der Waals surface area contributed by atoms with E-state index >= 15 is 0 Å². The summed E-state index contributed by atoms with van der Waals surface area (Å²) in [5, 5.41) is 3.07. The number of piperidine rings is 1. The number of rotatable bonds is 7. The van der Waals surface area contributed by atoms with Gasteiger partial charge in [0.15, 0.2) is 11.5 Å². The minimum absolute atomic E-state index is 0.0136. The molecule has 1 saturated heterocycles. The Bertz CT molecular complexity index is 1240. The number of pyridine rings is 1. The van der Waals surface area contributed by atoms with Gasteiger partial charge in [-0.15, -0.1) is 0 Å². The van der Waals surface area contributed by atoms with Crippen molar-refractivity contribution in [2.75, 3.05) is 26.4 Å². The summed E-state index contributed by atoms with van der Waals surface area (Å²) in [6.45, 7) is 3.98. The third kappa shape index (κ3) is 5.35. The Labute approximate surface area is 211 Å². The number of hydrogen-bond acceptors (Lipinski definition) is 5. The number of amides is 2. The molecule has 2 amide bonds. The molecule has 7 heteroatoms. The summed E-state index contributed by atoms with van der Waals surface area (Å²) in [5.41, 5.74) is 4.24. The van der Waals surface area contributed by atoms with Crippen LogP contribution in [-0.4, -0.2) is 48.1 Å². The summed E-state index contributed by atoms with van der Waals surface area (Å²) in [6.07, 6.45) is 3.34. The zero-order chi connectivity index (χ0) is 24.9. The highest BCUT2D eigenvalue weighted by atomic mass is 16.7. The molecule has 36 heavy (non-hydrogen) atoms. The van der Waals surface area contributed by atoms with Gasteiger partial charge in [-0.05, 0) is 68.5 Å². The zero-order valence-electron chi connectivity index (χ0n) is 20.5. The van der Waals surface area contributed by atoms with Gasteiger partial charge in [0.05, 0.1) is 11.3 Å². The summed E-state index contributed by atoms with van der Waals surface area (Å²) in [5.74, 6) is 1.32. The van der Waals surface area contributed by atoms with Gasteiger partial charge >= 0.3 is 0 Å². The van der Waals surface area contributed by atoms with Crippen LogP contribution in [0.15, 0.2) is 60.7 Å². The van der Waals surface area contributed by atoms with Crippen LogP contribution in [0.1, 0.15) is 62.8 Å². The predicted octanol–water partition coefficient (Wildman–Crippen LogP) is 4.50.